The van der Waals surface area contributed by atoms with Crippen LogP contribution in [0.3, 0.4) is 0 Å². The molecule has 7 nitrogen and oxygen atoms in total. The average molecular weight is 446 g/mol. The number of nitrogens with zero attached hydrogens (tertiary/aromatic N) is 2. The second kappa shape index (κ2) is 11.5. The largest absolute Gasteiger partial charge is 0.354 e. The van der Waals surface area contributed by atoms with Gasteiger partial charge in [-0.25, -0.2) is 0 Å². The highest BCUT2D eigenvalue weighted by molar-refractivity contribution is 6.31. The second-order valence-corrected chi connectivity index (χ2v) is 8.15. The zero-order valence-electron chi connectivity index (χ0n) is 18.0. The highest BCUT2D eigenvalue weighted by Gasteiger charge is 2.30. The first-order valence-electron chi connectivity index (χ1n) is 10.3. The van der Waals surface area contributed by atoms with Crippen LogP contribution in [0.4, 0.5) is 5.69 Å². The molecule has 1 N–H and O–H groups in total. The number of nitrogens with one attached hydrogen (secondary N) is 1. The smallest absolute Gasteiger partial charge is 0.273 e. The third kappa shape index (κ3) is 6.79. The van der Waals surface area contributed by atoms with Gasteiger partial charge in [-0.15, -0.1) is 0 Å². The Morgan fingerprint density at radius 1 is 1.10 bits per heavy atom. The summed E-state index contributed by atoms with van der Waals surface area (Å²) in [5.41, 5.74) is 0.889. The molecule has 31 heavy (non-hydrogen) atoms. The Hall–Kier alpha value is -2.93. The summed E-state index contributed by atoms with van der Waals surface area (Å²) >= 11 is 6.30. The predicted molar refractivity (Wildman–Crippen MR) is 121 cm³/mol. The van der Waals surface area contributed by atoms with Crippen LogP contribution < -0.4 is 5.32 Å². The van der Waals surface area contributed by atoms with Gasteiger partial charge in [0.1, 0.15) is 6.04 Å². The van der Waals surface area contributed by atoms with Crippen molar-refractivity contribution in [2.45, 2.75) is 46.2 Å². The molecule has 2 aromatic rings. The Bertz CT molecular complexity index is 933. The lowest BCUT2D eigenvalue weighted by molar-refractivity contribution is -0.385. The van der Waals surface area contributed by atoms with Crippen molar-refractivity contribution in [3.05, 3.63) is 74.8 Å². The van der Waals surface area contributed by atoms with Crippen molar-refractivity contribution in [2.75, 3.05) is 6.54 Å². The molecule has 0 fully saturated rings. The van der Waals surface area contributed by atoms with E-state index in [1.165, 1.54) is 11.0 Å². The van der Waals surface area contributed by atoms with Gasteiger partial charge in [0, 0.05) is 29.7 Å². The molecule has 0 radical (unpaired) electrons. The van der Waals surface area contributed by atoms with E-state index in [1.54, 1.807) is 36.4 Å². The monoisotopic (exact) mass is 445 g/mol. The number of hydrogen-bond acceptors (Lipinski definition) is 4. The Labute approximate surface area is 187 Å². The zero-order valence-corrected chi connectivity index (χ0v) is 18.8. The van der Waals surface area contributed by atoms with Gasteiger partial charge in [0.25, 0.3) is 5.69 Å². The SMILES string of the molecule is CCC(C(=O)NCC(C)C)N(Cc1ccccc1Cl)C(=O)Cc1ccccc1[N+](=O)[O-]. The Morgan fingerprint density at radius 2 is 1.71 bits per heavy atom. The van der Waals surface area contributed by atoms with Crippen molar-refractivity contribution in [3.63, 3.8) is 0 Å². The third-order valence-electron chi connectivity index (χ3n) is 4.90. The number of rotatable bonds is 10. The van der Waals surface area contributed by atoms with E-state index in [0.717, 1.165) is 0 Å². The van der Waals surface area contributed by atoms with Crippen molar-refractivity contribution in [1.29, 1.82) is 0 Å². The van der Waals surface area contributed by atoms with Crippen molar-refractivity contribution in [1.82, 2.24) is 10.2 Å². The van der Waals surface area contributed by atoms with E-state index < -0.39 is 11.0 Å². The van der Waals surface area contributed by atoms with Gasteiger partial charge in [-0.2, -0.15) is 0 Å². The van der Waals surface area contributed by atoms with Crippen molar-refractivity contribution in [3.8, 4) is 0 Å². The standard InChI is InChI=1S/C23H28ClN3O4/c1-4-20(23(29)25-14-16(2)3)26(15-18-10-5-7-11-19(18)24)22(28)13-17-9-6-8-12-21(17)27(30)31/h5-12,16,20H,4,13-15H2,1-3H3,(H,25,29). The van der Waals surface area contributed by atoms with E-state index in [1.807, 2.05) is 26.8 Å². The van der Waals surface area contributed by atoms with Crippen LogP contribution in [0, 0.1) is 16.0 Å². The number of carbonyl (C=O) groups excluding carboxylic acids is 2. The molecule has 0 spiro atoms. The van der Waals surface area contributed by atoms with Gasteiger partial charge in [-0.05, 0) is 24.0 Å². The van der Waals surface area contributed by atoms with Gasteiger partial charge in [-0.3, -0.25) is 19.7 Å². The number of benzene rings is 2. The number of nitro groups is 1. The number of para-hydroxylation sites is 1. The van der Waals surface area contributed by atoms with Gasteiger partial charge in [0.05, 0.1) is 11.3 Å². The van der Waals surface area contributed by atoms with Crippen LogP contribution in [0.1, 0.15) is 38.3 Å². The summed E-state index contributed by atoms with van der Waals surface area (Å²) in [7, 11) is 0. The van der Waals surface area contributed by atoms with Crippen LogP contribution in [0.5, 0.6) is 0 Å². The van der Waals surface area contributed by atoms with Gasteiger partial charge < -0.3 is 10.2 Å². The molecule has 2 amide bonds. The second-order valence-electron chi connectivity index (χ2n) is 7.74. The quantitative estimate of drug-likeness (QED) is 0.434. The normalized spacial score (nSPS) is 11.8. The highest BCUT2D eigenvalue weighted by Crippen LogP contribution is 2.23. The van der Waals surface area contributed by atoms with Gasteiger partial charge in [0.15, 0.2) is 0 Å². The fourth-order valence-electron chi connectivity index (χ4n) is 3.26. The summed E-state index contributed by atoms with van der Waals surface area (Å²) < 4.78 is 0. The molecule has 2 aromatic carbocycles. The summed E-state index contributed by atoms with van der Waals surface area (Å²) in [4.78, 5) is 38.5. The number of halogens is 1. The maximum absolute atomic E-state index is 13.3. The summed E-state index contributed by atoms with van der Waals surface area (Å²) in [5.74, 6) is -0.360. The summed E-state index contributed by atoms with van der Waals surface area (Å²) in [6.07, 6.45) is 0.215. The molecule has 2 rings (SSSR count). The van der Waals surface area contributed by atoms with Crippen LogP contribution in [-0.2, 0) is 22.6 Å². The van der Waals surface area contributed by atoms with E-state index in [9.17, 15) is 19.7 Å². The molecule has 0 bridgehead atoms. The van der Waals surface area contributed by atoms with Gasteiger partial charge >= 0.3 is 0 Å². The summed E-state index contributed by atoms with van der Waals surface area (Å²) in [6.45, 7) is 6.43. The van der Waals surface area contributed by atoms with Crippen molar-refractivity contribution in [2.24, 2.45) is 5.92 Å². The number of nitro benzene ring substituents is 1. The molecule has 0 aliphatic carbocycles. The summed E-state index contributed by atoms with van der Waals surface area (Å²) in [6, 6.07) is 12.5. The van der Waals surface area contributed by atoms with Crippen LogP contribution >= 0.6 is 11.6 Å². The van der Waals surface area contributed by atoms with E-state index >= 15 is 0 Å². The van der Waals surface area contributed by atoms with E-state index in [-0.39, 0.29) is 36.4 Å². The lowest BCUT2D eigenvalue weighted by Gasteiger charge is -2.31. The molecule has 0 aromatic heterocycles. The molecule has 0 saturated carbocycles. The van der Waals surface area contributed by atoms with Crippen molar-refractivity contribution >= 4 is 29.1 Å². The first kappa shape index (κ1) is 24.3. The lowest BCUT2D eigenvalue weighted by Crippen LogP contribution is -2.50. The predicted octanol–water partition coefficient (Wildman–Crippen LogP) is 4.37. The van der Waals surface area contributed by atoms with E-state index in [4.69, 9.17) is 11.6 Å². The van der Waals surface area contributed by atoms with Gasteiger partial charge in [-0.1, -0.05) is 68.8 Å². The first-order chi connectivity index (χ1) is 14.7. The molecule has 8 heteroatoms. The Morgan fingerprint density at radius 3 is 2.29 bits per heavy atom. The van der Waals surface area contributed by atoms with Crippen LogP contribution in [0.2, 0.25) is 5.02 Å². The van der Waals surface area contributed by atoms with Crippen LogP contribution in [-0.4, -0.2) is 34.2 Å². The average Bonchev–Trinajstić information content (AvgIpc) is 2.73. The first-order valence-corrected chi connectivity index (χ1v) is 10.6. The summed E-state index contributed by atoms with van der Waals surface area (Å²) in [5, 5.41) is 14.7. The van der Waals surface area contributed by atoms with Crippen molar-refractivity contribution < 1.29 is 14.5 Å². The van der Waals surface area contributed by atoms with Crippen LogP contribution in [0.15, 0.2) is 48.5 Å². The van der Waals surface area contributed by atoms with E-state index in [0.29, 0.717) is 29.1 Å². The zero-order chi connectivity index (χ0) is 23.0. The lowest BCUT2D eigenvalue weighted by atomic mass is 10.1. The molecular weight excluding hydrogens is 418 g/mol. The highest BCUT2D eigenvalue weighted by atomic mass is 35.5. The van der Waals surface area contributed by atoms with Gasteiger partial charge in [0.2, 0.25) is 11.8 Å². The number of hydrogen-bond donors (Lipinski definition) is 1. The maximum atomic E-state index is 13.3. The molecule has 0 saturated heterocycles. The molecule has 1 atom stereocenters. The molecule has 1 unspecified atom stereocenters. The Kier molecular flexibility index (Phi) is 9.00. The topological polar surface area (TPSA) is 92.6 Å². The molecule has 0 aliphatic rings. The third-order valence-corrected chi connectivity index (χ3v) is 5.27. The molecule has 0 heterocycles. The minimum Gasteiger partial charge on any atom is -0.354 e. The minimum absolute atomic E-state index is 0.120. The Balaban J connectivity index is 2.36. The minimum atomic E-state index is -0.717. The number of amides is 2. The molecule has 166 valence electrons. The van der Waals surface area contributed by atoms with E-state index in [2.05, 4.69) is 5.32 Å². The molecular formula is C23H28ClN3O4. The molecule has 0 aliphatic heterocycles. The fourth-order valence-corrected chi connectivity index (χ4v) is 3.45. The number of carbonyl (C=O) groups is 2. The maximum Gasteiger partial charge on any atom is 0.273 e. The fraction of sp³-hybridized carbons (Fsp3) is 0.391. The van der Waals surface area contributed by atoms with Crippen LogP contribution in [0.25, 0.3) is 0 Å².